The van der Waals surface area contributed by atoms with Gasteiger partial charge in [0.15, 0.2) is 0 Å². The van der Waals surface area contributed by atoms with Gasteiger partial charge in [-0.05, 0) is 12.0 Å². The van der Waals surface area contributed by atoms with Crippen molar-refractivity contribution in [1.82, 2.24) is 5.48 Å². The summed E-state index contributed by atoms with van der Waals surface area (Å²) in [6.45, 7) is 3.06. The molecule has 1 unspecified atom stereocenters. The van der Waals surface area contributed by atoms with E-state index in [2.05, 4.69) is 12.4 Å². The maximum Gasteiger partial charge on any atom is 0.107 e. The van der Waals surface area contributed by atoms with Crippen molar-refractivity contribution in [3.8, 4) is 0 Å². The summed E-state index contributed by atoms with van der Waals surface area (Å²) in [5, 5.41) is 0. The number of rotatable bonds is 0. The maximum absolute atomic E-state index is 4.71. The van der Waals surface area contributed by atoms with Crippen molar-refractivity contribution in [2.24, 2.45) is 5.92 Å². The van der Waals surface area contributed by atoms with Crippen molar-refractivity contribution in [2.45, 2.75) is 6.92 Å². The molecular weight excluding hydrogens is 90.1 g/mol. The van der Waals surface area contributed by atoms with Gasteiger partial charge in [-0.3, -0.25) is 0 Å². The second kappa shape index (κ2) is 1.98. The SMILES string of the molecule is CC1C=CONC1. The Balaban J connectivity index is 2.36. The third-order valence-corrected chi connectivity index (χ3v) is 0.964. The summed E-state index contributed by atoms with van der Waals surface area (Å²) in [7, 11) is 0. The predicted octanol–water partition coefficient (Wildman–Crippen LogP) is 0.671. The van der Waals surface area contributed by atoms with Crippen LogP contribution in [0.4, 0.5) is 0 Å². The second-order valence-electron chi connectivity index (χ2n) is 1.77. The molecule has 0 bridgehead atoms. The van der Waals surface area contributed by atoms with Gasteiger partial charge in [0.05, 0.1) is 0 Å². The lowest BCUT2D eigenvalue weighted by molar-refractivity contribution is 0.111. The summed E-state index contributed by atoms with van der Waals surface area (Å²) >= 11 is 0. The molecule has 0 fully saturated rings. The molecule has 7 heavy (non-hydrogen) atoms. The third kappa shape index (κ3) is 1.20. The van der Waals surface area contributed by atoms with E-state index in [9.17, 15) is 0 Å². The molecule has 0 aliphatic carbocycles. The average Bonchev–Trinajstić information content (AvgIpc) is 1.69. The molecule has 1 aliphatic rings. The molecule has 1 atom stereocenters. The Labute approximate surface area is 43.1 Å². The molecule has 2 nitrogen and oxygen atoms in total. The fourth-order valence-electron chi connectivity index (χ4n) is 0.469. The topological polar surface area (TPSA) is 21.3 Å². The van der Waals surface area contributed by atoms with Gasteiger partial charge in [-0.15, -0.1) is 0 Å². The van der Waals surface area contributed by atoms with Gasteiger partial charge in [0.1, 0.15) is 6.26 Å². The van der Waals surface area contributed by atoms with E-state index in [4.69, 9.17) is 4.84 Å². The van der Waals surface area contributed by atoms with Crippen molar-refractivity contribution in [3.63, 3.8) is 0 Å². The fraction of sp³-hybridized carbons (Fsp3) is 0.600. The first-order chi connectivity index (χ1) is 3.39. The van der Waals surface area contributed by atoms with Crippen LogP contribution in [0.2, 0.25) is 0 Å². The molecule has 0 saturated carbocycles. The van der Waals surface area contributed by atoms with E-state index >= 15 is 0 Å². The molecule has 0 aromatic carbocycles. The van der Waals surface area contributed by atoms with Crippen molar-refractivity contribution in [3.05, 3.63) is 12.3 Å². The lowest BCUT2D eigenvalue weighted by Gasteiger charge is -2.11. The van der Waals surface area contributed by atoms with E-state index in [-0.39, 0.29) is 0 Å². The monoisotopic (exact) mass is 99.1 g/mol. The molecule has 1 heterocycles. The molecule has 0 spiro atoms. The molecule has 0 saturated heterocycles. The minimum Gasteiger partial charge on any atom is -0.417 e. The van der Waals surface area contributed by atoms with Gasteiger partial charge in [-0.1, -0.05) is 6.92 Å². The summed E-state index contributed by atoms with van der Waals surface area (Å²) in [6.07, 6.45) is 3.70. The van der Waals surface area contributed by atoms with Crippen LogP contribution in [-0.4, -0.2) is 6.54 Å². The zero-order valence-electron chi connectivity index (χ0n) is 4.35. The van der Waals surface area contributed by atoms with E-state index in [1.807, 2.05) is 6.08 Å². The van der Waals surface area contributed by atoms with Crippen LogP contribution >= 0.6 is 0 Å². The van der Waals surface area contributed by atoms with Gasteiger partial charge in [0.2, 0.25) is 0 Å². The number of hydrogen-bond acceptors (Lipinski definition) is 2. The van der Waals surface area contributed by atoms with Crippen LogP contribution in [0.5, 0.6) is 0 Å². The Kier molecular flexibility index (Phi) is 1.32. The van der Waals surface area contributed by atoms with E-state index in [1.165, 1.54) is 0 Å². The average molecular weight is 99.1 g/mol. The van der Waals surface area contributed by atoms with Crippen molar-refractivity contribution in [2.75, 3.05) is 6.54 Å². The highest BCUT2D eigenvalue weighted by molar-refractivity contribution is 4.83. The smallest absolute Gasteiger partial charge is 0.107 e. The summed E-state index contributed by atoms with van der Waals surface area (Å²) < 4.78 is 0. The first kappa shape index (κ1) is 4.65. The summed E-state index contributed by atoms with van der Waals surface area (Å²) in [6, 6.07) is 0. The Morgan fingerprint density at radius 1 is 1.86 bits per heavy atom. The minimum atomic E-state index is 0.619. The number of hydrogen-bond donors (Lipinski definition) is 1. The van der Waals surface area contributed by atoms with E-state index in [1.54, 1.807) is 6.26 Å². The van der Waals surface area contributed by atoms with Crippen LogP contribution in [0.25, 0.3) is 0 Å². The standard InChI is InChI=1S/C5H9NO/c1-5-2-3-7-6-4-5/h2-3,5-6H,4H2,1H3. The van der Waals surface area contributed by atoms with Crippen molar-refractivity contribution in [1.29, 1.82) is 0 Å². The van der Waals surface area contributed by atoms with E-state index in [0.29, 0.717) is 5.92 Å². The molecule has 0 radical (unpaired) electrons. The Morgan fingerprint density at radius 3 is 3.00 bits per heavy atom. The lowest BCUT2D eigenvalue weighted by atomic mass is 10.2. The Bertz CT molecular complexity index is 80.1. The normalized spacial score (nSPS) is 29.6. The molecular formula is C5H9NO. The number of nitrogens with one attached hydrogen (secondary N) is 1. The fourth-order valence-corrected chi connectivity index (χ4v) is 0.469. The highest BCUT2D eigenvalue weighted by Gasteiger charge is 1.98. The molecule has 2 heteroatoms. The van der Waals surface area contributed by atoms with Gasteiger partial charge >= 0.3 is 0 Å². The zero-order chi connectivity index (χ0) is 5.11. The lowest BCUT2D eigenvalue weighted by Crippen LogP contribution is -2.21. The third-order valence-electron chi connectivity index (χ3n) is 0.964. The Hall–Kier alpha value is -0.500. The zero-order valence-corrected chi connectivity index (χ0v) is 4.35. The van der Waals surface area contributed by atoms with Crippen LogP contribution in [0.15, 0.2) is 12.3 Å². The largest absolute Gasteiger partial charge is 0.417 e. The summed E-state index contributed by atoms with van der Waals surface area (Å²) in [5.74, 6) is 0.619. The second-order valence-corrected chi connectivity index (χ2v) is 1.77. The van der Waals surface area contributed by atoms with Crippen LogP contribution in [0, 0.1) is 5.92 Å². The number of hydroxylamine groups is 1. The van der Waals surface area contributed by atoms with Crippen LogP contribution < -0.4 is 5.48 Å². The molecule has 1 N–H and O–H groups in total. The van der Waals surface area contributed by atoms with E-state index < -0.39 is 0 Å². The predicted molar refractivity (Wildman–Crippen MR) is 27.4 cm³/mol. The Morgan fingerprint density at radius 2 is 2.71 bits per heavy atom. The van der Waals surface area contributed by atoms with Gasteiger partial charge in [-0.25, -0.2) is 0 Å². The van der Waals surface area contributed by atoms with Crippen LogP contribution in [0.1, 0.15) is 6.92 Å². The first-order valence-corrected chi connectivity index (χ1v) is 2.45. The first-order valence-electron chi connectivity index (χ1n) is 2.45. The molecule has 0 aromatic heterocycles. The highest BCUT2D eigenvalue weighted by atomic mass is 16.6. The summed E-state index contributed by atoms with van der Waals surface area (Å²) in [4.78, 5) is 4.71. The molecule has 0 aromatic rings. The van der Waals surface area contributed by atoms with Crippen molar-refractivity contribution >= 4 is 0 Å². The maximum atomic E-state index is 4.71. The van der Waals surface area contributed by atoms with Gasteiger partial charge in [-0.2, -0.15) is 5.48 Å². The molecule has 1 aliphatic heterocycles. The van der Waals surface area contributed by atoms with E-state index in [0.717, 1.165) is 6.54 Å². The highest BCUT2D eigenvalue weighted by Crippen LogP contribution is 1.98. The van der Waals surface area contributed by atoms with Gasteiger partial charge in [0, 0.05) is 6.54 Å². The van der Waals surface area contributed by atoms with Crippen LogP contribution in [-0.2, 0) is 4.84 Å². The molecule has 1 rings (SSSR count). The quantitative estimate of drug-likeness (QED) is 0.482. The van der Waals surface area contributed by atoms with Gasteiger partial charge in [0.25, 0.3) is 0 Å². The molecule has 40 valence electrons. The minimum absolute atomic E-state index is 0.619. The summed E-state index contributed by atoms with van der Waals surface area (Å²) in [5.41, 5.74) is 2.75. The van der Waals surface area contributed by atoms with Gasteiger partial charge < -0.3 is 4.84 Å². The van der Waals surface area contributed by atoms with Crippen LogP contribution in [0.3, 0.4) is 0 Å². The van der Waals surface area contributed by atoms with Crippen molar-refractivity contribution < 1.29 is 4.84 Å². The molecule has 0 amide bonds.